The molecule has 7 aromatic rings. The van der Waals surface area contributed by atoms with Crippen LogP contribution >= 0.6 is 0 Å². The van der Waals surface area contributed by atoms with Crippen LogP contribution in [0.15, 0.2) is 158 Å². The minimum Gasteiger partial charge on any atom is -0.355 e. The van der Waals surface area contributed by atoms with Gasteiger partial charge >= 0.3 is 0 Å². The first-order chi connectivity index (χ1) is 25.5. The third-order valence-corrected chi connectivity index (χ3v) is 10.3. The van der Waals surface area contributed by atoms with Gasteiger partial charge in [0.1, 0.15) is 0 Å². The minimum absolute atomic E-state index is 0.0520. The van der Waals surface area contributed by atoms with E-state index < -0.39 is 11.6 Å². The number of rotatable bonds is 6. The number of hydrogen-bond donors (Lipinski definition) is 0. The molecule has 2 aliphatic rings. The monoisotopic (exact) mass is 682 g/mol. The Morgan fingerprint density at radius 1 is 0.365 bits per heavy atom. The lowest BCUT2D eigenvalue weighted by Crippen LogP contribution is -2.27. The molecular weight excluding hydrogens is 647 g/mol. The van der Waals surface area contributed by atoms with Crippen LogP contribution in [0, 0.1) is 11.6 Å². The van der Waals surface area contributed by atoms with E-state index in [1.807, 2.05) is 151 Å². The fourth-order valence-electron chi connectivity index (χ4n) is 7.79. The van der Waals surface area contributed by atoms with Crippen LogP contribution in [-0.4, -0.2) is 27.4 Å². The predicted octanol–water partition coefficient (Wildman–Crippen LogP) is 11.7. The van der Waals surface area contributed by atoms with Gasteiger partial charge in [-0.15, -0.1) is 0 Å². The highest BCUT2D eigenvalue weighted by Crippen LogP contribution is 2.52. The van der Waals surface area contributed by atoms with Gasteiger partial charge in [-0.1, -0.05) is 115 Å². The van der Waals surface area contributed by atoms with Gasteiger partial charge in [0.05, 0.1) is 53.0 Å². The first-order valence-electron chi connectivity index (χ1n) is 17.5. The molecule has 0 aromatic heterocycles. The van der Waals surface area contributed by atoms with E-state index >= 15 is 8.78 Å². The fourth-order valence-corrected chi connectivity index (χ4v) is 7.79. The molecule has 7 aromatic carbocycles. The van der Waals surface area contributed by atoms with Crippen molar-refractivity contribution in [2.45, 2.75) is 0 Å². The number of nitrogens with zero attached hydrogens (tertiary/aromatic N) is 4. The van der Waals surface area contributed by atoms with Crippen LogP contribution in [0.2, 0.25) is 0 Å². The van der Waals surface area contributed by atoms with E-state index in [0.717, 1.165) is 56.1 Å². The minimum atomic E-state index is -0.603. The molecule has 9 rings (SSSR count). The second kappa shape index (κ2) is 12.7. The summed E-state index contributed by atoms with van der Waals surface area (Å²) >= 11 is 0. The molecule has 6 heteroatoms. The standard InChI is InChI=1S/C46H36F2N4/c1-49-29-51(39-24-14-12-22-37(39)49)41-28-42(52-30-50(2)38-23-13-15-25-40(38)52)46(48)44(45(41)47)43-35(32-18-8-4-9-19-32)26-34(31-16-6-3-7-17-31)27-36(43)33-20-10-5-11-21-33/h3-28H,29-30H2,1-2H3. The fraction of sp³-hybridized carbons (Fsp3) is 0.0870. The third-order valence-electron chi connectivity index (χ3n) is 10.3. The number of benzene rings is 7. The van der Waals surface area contributed by atoms with E-state index in [0.29, 0.717) is 30.3 Å². The van der Waals surface area contributed by atoms with E-state index in [-0.39, 0.29) is 5.56 Å². The number of halogens is 2. The molecule has 0 saturated heterocycles. The van der Waals surface area contributed by atoms with E-state index in [1.165, 1.54) is 0 Å². The van der Waals surface area contributed by atoms with Crippen LogP contribution in [0.1, 0.15) is 0 Å². The van der Waals surface area contributed by atoms with Gasteiger partial charge < -0.3 is 19.6 Å². The van der Waals surface area contributed by atoms with Crippen molar-refractivity contribution in [3.05, 3.63) is 169 Å². The van der Waals surface area contributed by atoms with Gasteiger partial charge in [-0.05, 0) is 75.8 Å². The molecule has 4 nitrogen and oxygen atoms in total. The molecule has 0 N–H and O–H groups in total. The molecule has 52 heavy (non-hydrogen) atoms. The molecule has 0 aliphatic carbocycles. The molecule has 0 saturated carbocycles. The molecule has 0 fully saturated rings. The van der Waals surface area contributed by atoms with Crippen LogP contribution in [-0.2, 0) is 0 Å². The highest BCUT2D eigenvalue weighted by atomic mass is 19.1. The summed E-state index contributed by atoms with van der Waals surface area (Å²) in [4.78, 5) is 8.11. The molecule has 0 spiro atoms. The van der Waals surface area contributed by atoms with Crippen molar-refractivity contribution in [1.82, 2.24) is 0 Å². The molecule has 2 heterocycles. The summed E-state index contributed by atoms with van der Waals surface area (Å²) in [6.45, 7) is 0.836. The summed E-state index contributed by atoms with van der Waals surface area (Å²) in [5.41, 5.74) is 10.0. The highest BCUT2D eigenvalue weighted by molar-refractivity contribution is 6.00. The van der Waals surface area contributed by atoms with Gasteiger partial charge in [0.25, 0.3) is 0 Å². The summed E-state index contributed by atoms with van der Waals surface area (Å²) in [5, 5.41) is 0. The lowest BCUT2D eigenvalue weighted by atomic mass is 9.84. The second-order valence-electron chi connectivity index (χ2n) is 13.5. The van der Waals surface area contributed by atoms with Crippen molar-refractivity contribution in [2.24, 2.45) is 0 Å². The number of hydrogen-bond acceptors (Lipinski definition) is 4. The summed E-state index contributed by atoms with van der Waals surface area (Å²) < 4.78 is 36.0. The SMILES string of the molecule is CN1CN(c2cc(N3CN(C)c4ccccc43)c(F)c(-c3c(-c4ccccc4)cc(-c4ccccc4)cc3-c3ccccc3)c2F)c2ccccc21. The van der Waals surface area contributed by atoms with Crippen molar-refractivity contribution in [3.63, 3.8) is 0 Å². The Morgan fingerprint density at radius 2 is 0.731 bits per heavy atom. The molecule has 2 aliphatic heterocycles. The van der Waals surface area contributed by atoms with Crippen molar-refractivity contribution < 1.29 is 8.78 Å². The van der Waals surface area contributed by atoms with E-state index in [9.17, 15) is 0 Å². The number of para-hydroxylation sites is 4. The van der Waals surface area contributed by atoms with Gasteiger partial charge in [-0.2, -0.15) is 0 Å². The van der Waals surface area contributed by atoms with Gasteiger partial charge in [0.2, 0.25) is 0 Å². The van der Waals surface area contributed by atoms with Crippen LogP contribution in [0.5, 0.6) is 0 Å². The van der Waals surface area contributed by atoms with E-state index in [1.54, 1.807) is 6.07 Å². The Balaban J connectivity index is 1.40. The largest absolute Gasteiger partial charge is 0.355 e. The molecule has 254 valence electrons. The molecule has 0 radical (unpaired) electrons. The van der Waals surface area contributed by atoms with Crippen LogP contribution in [0.4, 0.5) is 42.9 Å². The summed E-state index contributed by atoms with van der Waals surface area (Å²) in [7, 11) is 3.99. The summed E-state index contributed by atoms with van der Waals surface area (Å²) in [5.74, 6) is -1.21. The zero-order valence-electron chi connectivity index (χ0n) is 29.0. The zero-order valence-corrected chi connectivity index (χ0v) is 29.0. The average Bonchev–Trinajstić information content (AvgIpc) is 3.71. The third kappa shape index (κ3) is 5.18. The molecule has 0 amide bonds. The van der Waals surface area contributed by atoms with Crippen molar-refractivity contribution in [3.8, 4) is 44.5 Å². The van der Waals surface area contributed by atoms with Crippen molar-refractivity contribution in [2.75, 3.05) is 47.0 Å². The number of fused-ring (bicyclic) bond motifs is 2. The maximum absolute atomic E-state index is 18.0. The molecule has 0 unspecified atom stereocenters. The quantitative estimate of drug-likeness (QED) is 0.173. The maximum Gasteiger partial charge on any atom is 0.157 e. The Morgan fingerprint density at radius 3 is 1.15 bits per heavy atom. The smallest absolute Gasteiger partial charge is 0.157 e. The summed E-state index contributed by atoms with van der Waals surface area (Å²) in [6.07, 6.45) is 0. The van der Waals surface area contributed by atoms with Crippen molar-refractivity contribution in [1.29, 1.82) is 0 Å². The number of anilines is 6. The first-order valence-corrected chi connectivity index (χ1v) is 17.5. The van der Waals surface area contributed by atoms with Gasteiger partial charge in [-0.3, -0.25) is 0 Å². The van der Waals surface area contributed by atoms with Crippen LogP contribution < -0.4 is 19.6 Å². The summed E-state index contributed by atoms with van der Waals surface area (Å²) in [6, 6.07) is 51.8. The molecular formula is C46H36F2N4. The highest BCUT2D eigenvalue weighted by Gasteiger charge is 2.35. The molecule has 0 bridgehead atoms. The Kier molecular flexibility index (Phi) is 7.73. The maximum atomic E-state index is 18.0. The van der Waals surface area contributed by atoms with E-state index in [4.69, 9.17) is 0 Å². The van der Waals surface area contributed by atoms with Crippen LogP contribution in [0.3, 0.4) is 0 Å². The predicted molar refractivity (Wildman–Crippen MR) is 212 cm³/mol. The lowest BCUT2D eigenvalue weighted by molar-refractivity contribution is 0.588. The topological polar surface area (TPSA) is 13.0 Å². The van der Waals surface area contributed by atoms with E-state index in [2.05, 4.69) is 34.1 Å². The van der Waals surface area contributed by atoms with Crippen molar-refractivity contribution >= 4 is 34.1 Å². The molecule has 0 atom stereocenters. The Labute approximate surface area is 303 Å². The Hall–Kier alpha value is -6.40. The first kappa shape index (κ1) is 31.6. The normalized spacial score (nSPS) is 13.5. The van der Waals surface area contributed by atoms with Gasteiger partial charge in [0, 0.05) is 19.7 Å². The second-order valence-corrected chi connectivity index (χ2v) is 13.5. The zero-order chi connectivity index (χ0) is 35.3. The van der Waals surface area contributed by atoms with Gasteiger partial charge in [0.15, 0.2) is 11.6 Å². The average molecular weight is 683 g/mol. The lowest BCUT2D eigenvalue weighted by Gasteiger charge is -2.28. The van der Waals surface area contributed by atoms with Gasteiger partial charge in [-0.25, -0.2) is 8.78 Å². The van der Waals surface area contributed by atoms with Crippen LogP contribution in [0.25, 0.3) is 44.5 Å². The Bertz CT molecular complexity index is 2290.